The molecule has 0 amide bonds. The minimum Gasteiger partial charge on any atom is -0.322 e. The maximum Gasteiger partial charge on any atom is 0.0358 e. The predicted molar refractivity (Wildman–Crippen MR) is 65.9 cm³/mol. The first-order chi connectivity index (χ1) is 6.98. The third-order valence-corrected chi connectivity index (χ3v) is 2.73. The lowest BCUT2D eigenvalue weighted by Gasteiger charge is -2.21. The third-order valence-electron chi connectivity index (χ3n) is 2.73. The lowest BCUT2D eigenvalue weighted by atomic mass is 9.90. The van der Waals surface area contributed by atoms with Gasteiger partial charge in [0.2, 0.25) is 0 Å². The van der Waals surface area contributed by atoms with E-state index in [2.05, 4.69) is 43.3 Å². The Morgan fingerprint density at radius 1 is 1.07 bits per heavy atom. The van der Waals surface area contributed by atoms with Crippen molar-refractivity contribution >= 4 is 10.8 Å². The smallest absolute Gasteiger partial charge is 0.0358 e. The van der Waals surface area contributed by atoms with Crippen molar-refractivity contribution in [2.75, 3.05) is 0 Å². The molecule has 2 N–H and O–H groups in total. The fraction of sp³-hybridized carbons (Fsp3) is 0.286. The minimum absolute atomic E-state index is 0.284. The van der Waals surface area contributed by atoms with Gasteiger partial charge in [-0.1, -0.05) is 42.0 Å². The van der Waals surface area contributed by atoms with Crippen LogP contribution >= 0.6 is 0 Å². The van der Waals surface area contributed by atoms with Gasteiger partial charge in [-0.15, -0.1) is 0 Å². The topological polar surface area (TPSA) is 26.0 Å². The van der Waals surface area contributed by atoms with Crippen LogP contribution in [0.15, 0.2) is 36.4 Å². The van der Waals surface area contributed by atoms with E-state index < -0.39 is 0 Å². The molecule has 0 spiro atoms. The van der Waals surface area contributed by atoms with Crippen LogP contribution in [0.4, 0.5) is 0 Å². The Morgan fingerprint density at radius 2 is 1.80 bits per heavy atom. The summed E-state index contributed by atoms with van der Waals surface area (Å²) in [6.07, 6.45) is 0. The molecule has 0 radical (unpaired) electrons. The number of rotatable bonds is 1. The summed E-state index contributed by atoms with van der Waals surface area (Å²) in [5.74, 6) is 0. The zero-order valence-corrected chi connectivity index (χ0v) is 9.54. The number of nitrogens with two attached hydrogens (primary N) is 1. The number of hydrogen-bond acceptors (Lipinski definition) is 1. The summed E-state index contributed by atoms with van der Waals surface area (Å²) >= 11 is 0. The van der Waals surface area contributed by atoms with Crippen molar-refractivity contribution in [3.05, 3.63) is 47.5 Å². The van der Waals surface area contributed by atoms with Crippen LogP contribution in [-0.2, 0) is 5.54 Å². The van der Waals surface area contributed by atoms with Crippen molar-refractivity contribution in [2.24, 2.45) is 5.73 Å². The van der Waals surface area contributed by atoms with E-state index in [1.54, 1.807) is 0 Å². The van der Waals surface area contributed by atoms with E-state index in [1.165, 1.54) is 21.9 Å². The highest BCUT2D eigenvalue weighted by Gasteiger charge is 2.16. The summed E-state index contributed by atoms with van der Waals surface area (Å²) in [5, 5.41) is 2.53. The van der Waals surface area contributed by atoms with E-state index in [4.69, 9.17) is 5.73 Å². The largest absolute Gasteiger partial charge is 0.322 e. The lowest BCUT2D eigenvalue weighted by Crippen LogP contribution is -2.28. The number of aryl methyl sites for hydroxylation is 1. The Labute approximate surface area is 90.9 Å². The van der Waals surface area contributed by atoms with Gasteiger partial charge >= 0.3 is 0 Å². The van der Waals surface area contributed by atoms with Crippen LogP contribution < -0.4 is 5.73 Å². The highest BCUT2D eigenvalue weighted by atomic mass is 14.7. The molecule has 0 fully saturated rings. The van der Waals surface area contributed by atoms with E-state index in [9.17, 15) is 0 Å². The summed E-state index contributed by atoms with van der Waals surface area (Å²) in [6, 6.07) is 12.8. The Bertz CT molecular complexity index is 492. The Kier molecular flexibility index (Phi) is 2.28. The lowest BCUT2D eigenvalue weighted by molar-refractivity contribution is 0.559. The molecule has 0 unspecified atom stereocenters. The van der Waals surface area contributed by atoms with Crippen LogP contribution in [0.3, 0.4) is 0 Å². The molecule has 0 heterocycles. The monoisotopic (exact) mass is 199 g/mol. The standard InChI is InChI=1S/C14H17N/c1-10-7-8-11-5-4-6-13(12(11)9-10)14(2,3)15/h4-9H,15H2,1-3H3. The molecule has 0 saturated heterocycles. The van der Waals surface area contributed by atoms with Gasteiger partial charge in [0, 0.05) is 5.54 Å². The van der Waals surface area contributed by atoms with Gasteiger partial charge in [-0.05, 0) is 37.1 Å². The highest BCUT2D eigenvalue weighted by Crippen LogP contribution is 2.27. The van der Waals surface area contributed by atoms with E-state index in [-0.39, 0.29) is 5.54 Å². The average molecular weight is 199 g/mol. The van der Waals surface area contributed by atoms with E-state index in [1.807, 2.05) is 13.8 Å². The van der Waals surface area contributed by atoms with Crippen LogP contribution in [0.25, 0.3) is 10.8 Å². The number of hydrogen-bond donors (Lipinski definition) is 1. The molecule has 0 bridgehead atoms. The maximum absolute atomic E-state index is 6.17. The number of fused-ring (bicyclic) bond motifs is 1. The molecule has 2 rings (SSSR count). The molecule has 1 nitrogen and oxygen atoms in total. The minimum atomic E-state index is -0.284. The van der Waals surface area contributed by atoms with Crippen LogP contribution in [0.1, 0.15) is 25.0 Å². The SMILES string of the molecule is Cc1ccc2cccc(C(C)(C)N)c2c1. The van der Waals surface area contributed by atoms with Crippen LogP contribution in [0.2, 0.25) is 0 Å². The predicted octanol–water partition coefficient (Wildman–Crippen LogP) is 3.34. The molecular formula is C14H17N. The van der Waals surface area contributed by atoms with Crippen molar-refractivity contribution in [3.63, 3.8) is 0 Å². The van der Waals surface area contributed by atoms with Gasteiger partial charge in [0.1, 0.15) is 0 Å². The van der Waals surface area contributed by atoms with Crippen LogP contribution in [-0.4, -0.2) is 0 Å². The van der Waals surface area contributed by atoms with Crippen molar-refractivity contribution in [2.45, 2.75) is 26.3 Å². The second-order valence-electron chi connectivity index (χ2n) is 4.75. The molecule has 0 aliphatic rings. The van der Waals surface area contributed by atoms with Crippen LogP contribution in [0.5, 0.6) is 0 Å². The van der Waals surface area contributed by atoms with Gasteiger partial charge in [-0.2, -0.15) is 0 Å². The Morgan fingerprint density at radius 3 is 2.47 bits per heavy atom. The number of benzene rings is 2. The summed E-state index contributed by atoms with van der Waals surface area (Å²) < 4.78 is 0. The van der Waals surface area contributed by atoms with Gasteiger partial charge in [0.05, 0.1) is 0 Å². The van der Waals surface area contributed by atoms with Gasteiger partial charge < -0.3 is 5.73 Å². The summed E-state index contributed by atoms with van der Waals surface area (Å²) in [4.78, 5) is 0. The normalized spacial score (nSPS) is 12.0. The van der Waals surface area contributed by atoms with Crippen LogP contribution in [0, 0.1) is 6.92 Å². The van der Waals surface area contributed by atoms with E-state index in [0.29, 0.717) is 0 Å². The molecule has 2 aromatic rings. The summed E-state index contributed by atoms with van der Waals surface area (Å²) in [7, 11) is 0. The van der Waals surface area contributed by atoms with Gasteiger partial charge in [0.25, 0.3) is 0 Å². The highest BCUT2D eigenvalue weighted by molar-refractivity contribution is 5.87. The molecule has 1 heteroatoms. The first-order valence-electron chi connectivity index (χ1n) is 5.27. The molecule has 0 aliphatic heterocycles. The van der Waals surface area contributed by atoms with Crippen molar-refractivity contribution in [1.29, 1.82) is 0 Å². The van der Waals surface area contributed by atoms with Crippen molar-refractivity contribution < 1.29 is 0 Å². The second-order valence-corrected chi connectivity index (χ2v) is 4.75. The summed E-state index contributed by atoms with van der Waals surface area (Å²) in [6.45, 7) is 6.20. The molecule has 15 heavy (non-hydrogen) atoms. The zero-order valence-electron chi connectivity index (χ0n) is 9.54. The Hall–Kier alpha value is -1.34. The second kappa shape index (κ2) is 3.35. The maximum atomic E-state index is 6.17. The fourth-order valence-electron chi connectivity index (χ4n) is 1.95. The zero-order chi connectivity index (χ0) is 11.1. The van der Waals surface area contributed by atoms with E-state index >= 15 is 0 Å². The third kappa shape index (κ3) is 1.88. The molecule has 2 aromatic carbocycles. The molecular weight excluding hydrogens is 182 g/mol. The van der Waals surface area contributed by atoms with Gasteiger partial charge in [0.15, 0.2) is 0 Å². The van der Waals surface area contributed by atoms with Crippen molar-refractivity contribution in [1.82, 2.24) is 0 Å². The van der Waals surface area contributed by atoms with Crippen molar-refractivity contribution in [3.8, 4) is 0 Å². The fourth-order valence-corrected chi connectivity index (χ4v) is 1.95. The molecule has 0 aliphatic carbocycles. The molecule has 0 saturated carbocycles. The first-order valence-corrected chi connectivity index (χ1v) is 5.27. The van der Waals surface area contributed by atoms with Gasteiger partial charge in [-0.3, -0.25) is 0 Å². The summed E-state index contributed by atoms with van der Waals surface area (Å²) in [5.41, 5.74) is 8.38. The van der Waals surface area contributed by atoms with Gasteiger partial charge in [-0.25, -0.2) is 0 Å². The Balaban J connectivity index is 2.80. The molecule has 0 aromatic heterocycles. The quantitative estimate of drug-likeness (QED) is 0.749. The van der Waals surface area contributed by atoms with E-state index in [0.717, 1.165) is 0 Å². The average Bonchev–Trinajstić information content (AvgIpc) is 2.15. The molecule has 78 valence electrons. The molecule has 0 atom stereocenters. The first kappa shape index (κ1) is 10.2.